The summed E-state index contributed by atoms with van der Waals surface area (Å²) in [6.07, 6.45) is 8.28. The molecule has 0 aliphatic heterocycles. The highest BCUT2D eigenvalue weighted by Crippen LogP contribution is 2.33. The Morgan fingerprint density at radius 2 is 1.36 bits per heavy atom. The van der Waals surface area contributed by atoms with Crippen molar-refractivity contribution in [3.63, 3.8) is 0 Å². The van der Waals surface area contributed by atoms with E-state index in [0.29, 0.717) is 0 Å². The average molecular weight is 383 g/mol. The monoisotopic (exact) mass is 382 g/mol. The number of allylic oxidation sites excluding steroid dienone is 5. The summed E-state index contributed by atoms with van der Waals surface area (Å²) in [4.78, 5) is 0. The van der Waals surface area contributed by atoms with Crippen LogP contribution in [0.3, 0.4) is 0 Å². The summed E-state index contributed by atoms with van der Waals surface area (Å²) in [5.41, 5.74) is 9.50. The Morgan fingerprint density at radius 3 is 1.89 bits per heavy atom. The zero-order valence-corrected chi connectivity index (χ0v) is 16.8. The highest BCUT2D eigenvalue weighted by atomic mass is 35.5. The molecular weight excluding hydrogens is 360 g/mol. The van der Waals surface area contributed by atoms with Gasteiger partial charge in [0.05, 0.1) is 0 Å². The molecule has 3 aromatic rings. The van der Waals surface area contributed by atoms with Crippen molar-refractivity contribution in [2.45, 2.75) is 19.8 Å². The zero-order valence-electron chi connectivity index (χ0n) is 16.1. The van der Waals surface area contributed by atoms with E-state index in [0.717, 1.165) is 40.1 Å². The fraction of sp³-hybridized carbons (Fsp3) is 0.111. The molecule has 0 bridgehead atoms. The number of halogens is 1. The molecule has 0 amide bonds. The summed E-state index contributed by atoms with van der Waals surface area (Å²) >= 11 is 6.61. The van der Waals surface area contributed by atoms with E-state index >= 15 is 0 Å². The molecule has 4 rings (SSSR count). The Morgan fingerprint density at radius 1 is 0.786 bits per heavy atom. The van der Waals surface area contributed by atoms with E-state index in [-0.39, 0.29) is 0 Å². The van der Waals surface area contributed by atoms with Crippen LogP contribution in [0.25, 0.3) is 27.8 Å². The normalized spacial score (nSPS) is 13.5. The van der Waals surface area contributed by atoms with Crippen LogP contribution in [0.1, 0.15) is 24.5 Å². The van der Waals surface area contributed by atoms with Gasteiger partial charge in [-0.2, -0.15) is 0 Å². The third-order valence-electron chi connectivity index (χ3n) is 5.28. The first-order valence-electron chi connectivity index (χ1n) is 9.70. The summed E-state index contributed by atoms with van der Waals surface area (Å²) < 4.78 is 0. The molecule has 3 aromatic carbocycles. The first-order valence-corrected chi connectivity index (χ1v) is 10.1. The summed E-state index contributed by atoms with van der Waals surface area (Å²) in [5, 5.41) is 0.778. The number of rotatable bonds is 4. The maximum Gasteiger partial charge on any atom is 0.0490 e. The van der Waals surface area contributed by atoms with Crippen LogP contribution < -0.4 is 0 Å². The maximum absolute atomic E-state index is 6.61. The van der Waals surface area contributed by atoms with Crippen LogP contribution in [0.5, 0.6) is 0 Å². The number of hydrogen-bond acceptors (Lipinski definition) is 0. The molecule has 0 aromatic heterocycles. The lowest BCUT2D eigenvalue weighted by molar-refractivity contribution is 1.14. The fourth-order valence-corrected chi connectivity index (χ4v) is 3.79. The van der Waals surface area contributed by atoms with Gasteiger partial charge in [-0.1, -0.05) is 110 Å². The molecule has 0 fully saturated rings. The predicted octanol–water partition coefficient (Wildman–Crippen LogP) is 8.14. The zero-order chi connectivity index (χ0) is 19.5. The number of benzene rings is 3. The van der Waals surface area contributed by atoms with Gasteiger partial charge in [0.25, 0.3) is 0 Å². The molecule has 0 atom stereocenters. The molecule has 0 N–H and O–H groups in total. The summed E-state index contributed by atoms with van der Waals surface area (Å²) in [6.45, 7) is 6.17. The van der Waals surface area contributed by atoms with Crippen molar-refractivity contribution in [3.8, 4) is 22.3 Å². The van der Waals surface area contributed by atoms with E-state index in [4.69, 9.17) is 11.6 Å². The van der Waals surface area contributed by atoms with Crippen molar-refractivity contribution in [3.05, 3.63) is 113 Å². The Bertz CT molecular complexity index is 1060. The molecule has 0 spiro atoms. The molecule has 1 heteroatoms. The Kier molecular flexibility index (Phi) is 5.32. The first-order chi connectivity index (χ1) is 13.6. The summed E-state index contributed by atoms with van der Waals surface area (Å²) in [6, 6.07) is 23.8. The topological polar surface area (TPSA) is 0 Å². The molecule has 1 aliphatic rings. The predicted molar refractivity (Wildman–Crippen MR) is 123 cm³/mol. The minimum absolute atomic E-state index is 0.778. The second-order valence-corrected chi connectivity index (χ2v) is 7.58. The van der Waals surface area contributed by atoms with Crippen molar-refractivity contribution in [2.24, 2.45) is 0 Å². The SMILES string of the molecule is C=C1C=CC(c2ccc(-c3ccc(-c4ccc(CC)cc4)cc3)cc2Cl)=CC1. The second kappa shape index (κ2) is 8.04. The van der Waals surface area contributed by atoms with Crippen LogP contribution in [-0.4, -0.2) is 0 Å². The van der Waals surface area contributed by atoms with Crippen molar-refractivity contribution in [1.29, 1.82) is 0 Å². The lowest BCUT2D eigenvalue weighted by Gasteiger charge is -2.12. The Labute approximate surface area is 172 Å². The molecule has 0 heterocycles. The van der Waals surface area contributed by atoms with Gasteiger partial charge < -0.3 is 0 Å². The van der Waals surface area contributed by atoms with Crippen molar-refractivity contribution in [1.82, 2.24) is 0 Å². The van der Waals surface area contributed by atoms with Crippen LogP contribution in [0, 0.1) is 0 Å². The van der Waals surface area contributed by atoms with Gasteiger partial charge in [0, 0.05) is 10.6 Å². The van der Waals surface area contributed by atoms with Crippen LogP contribution in [-0.2, 0) is 6.42 Å². The quantitative estimate of drug-likeness (QED) is 0.427. The Balaban J connectivity index is 1.58. The van der Waals surface area contributed by atoms with Gasteiger partial charge in [-0.05, 0) is 52.3 Å². The van der Waals surface area contributed by atoms with E-state index in [1.165, 1.54) is 22.3 Å². The van der Waals surface area contributed by atoms with Gasteiger partial charge in [0.2, 0.25) is 0 Å². The third kappa shape index (κ3) is 3.88. The van der Waals surface area contributed by atoms with Gasteiger partial charge in [-0.25, -0.2) is 0 Å². The van der Waals surface area contributed by atoms with Crippen molar-refractivity contribution in [2.75, 3.05) is 0 Å². The molecule has 1 aliphatic carbocycles. The smallest absolute Gasteiger partial charge is 0.0490 e. The van der Waals surface area contributed by atoms with E-state index in [1.807, 2.05) is 0 Å². The van der Waals surface area contributed by atoms with Gasteiger partial charge in [-0.3, -0.25) is 0 Å². The highest BCUT2D eigenvalue weighted by molar-refractivity contribution is 6.32. The minimum Gasteiger partial charge on any atom is -0.0955 e. The maximum atomic E-state index is 6.61. The van der Waals surface area contributed by atoms with Crippen LogP contribution in [0.4, 0.5) is 0 Å². The standard InChI is InChI=1S/C27H23Cl/c1-3-20-6-10-21(11-7-20)22-12-14-23(15-13-22)25-16-17-26(27(28)18-25)24-8-4-19(2)5-9-24/h4,6-18H,2-3,5H2,1H3. The lowest BCUT2D eigenvalue weighted by atomic mass is 9.95. The average Bonchev–Trinajstić information content (AvgIpc) is 2.75. The lowest BCUT2D eigenvalue weighted by Crippen LogP contribution is -1.90. The fourth-order valence-electron chi connectivity index (χ4n) is 3.50. The number of hydrogen-bond donors (Lipinski definition) is 0. The summed E-state index contributed by atoms with van der Waals surface area (Å²) in [5.74, 6) is 0. The van der Waals surface area contributed by atoms with E-state index in [1.54, 1.807) is 0 Å². The van der Waals surface area contributed by atoms with Gasteiger partial charge in [-0.15, -0.1) is 0 Å². The van der Waals surface area contributed by atoms with Gasteiger partial charge in [0.15, 0.2) is 0 Å². The largest absolute Gasteiger partial charge is 0.0955 e. The Hall–Kier alpha value is -2.83. The molecule has 0 nitrogen and oxygen atoms in total. The summed E-state index contributed by atoms with van der Waals surface area (Å²) in [7, 11) is 0. The molecule has 28 heavy (non-hydrogen) atoms. The van der Waals surface area contributed by atoms with E-state index in [9.17, 15) is 0 Å². The molecule has 0 radical (unpaired) electrons. The van der Waals surface area contributed by atoms with Gasteiger partial charge in [0.1, 0.15) is 0 Å². The van der Waals surface area contributed by atoms with E-state index in [2.05, 4.69) is 98.5 Å². The molecule has 0 saturated carbocycles. The van der Waals surface area contributed by atoms with Crippen LogP contribution in [0.2, 0.25) is 5.02 Å². The van der Waals surface area contributed by atoms with Crippen molar-refractivity contribution >= 4 is 17.2 Å². The number of aryl methyl sites for hydroxylation is 1. The van der Waals surface area contributed by atoms with Crippen LogP contribution in [0.15, 0.2) is 97.1 Å². The van der Waals surface area contributed by atoms with Crippen molar-refractivity contribution < 1.29 is 0 Å². The third-order valence-corrected chi connectivity index (χ3v) is 5.59. The molecule has 0 unspecified atom stereocenters. The van der Waals surface area contributed by atoms with Gasteiger partial charge >= 0.3 is 0 Å². The second-order valence-electron chi connectivity index (χ2n) is 7.18. The first kappa shape index (κ1) is 18.5. The minimum atomic E-state index is 0.778. The highest BCUT2D eigenvalue weighted by Gasteiger charge is 2.09. The van der Waals surface area contributed by atoms with Crippen LogP contribution >= 0.6 is 11.6 Å². The van der Waals surface area contributed by atoms with E-state index < -0.39 is 0 Å². The molecule has 0 saturated heterocycles. The molecular formula is C27H23Cl. The molecule has 138 valence electrons.